The predicted molar refractivity (Wildman–Crippen MR) is 79.6 cm³/mol. The molecule has 0 bridgehead atoms. The van der Waals surface area contributed by atoms with Gasteiger partial charge in [-0.3, -0.25) is 0 Å². The SMILES string of the molecule is Fc1ccc(C2CC(c3cc4ccccc4o3)=NN2)cc1. The summed E-state index contributed by atoms with van der Waals surface area (Å²) in [6, 6.07) is 16.5. The number of hydrogen-bond acceptors (Lipinski definition) is 3. The summed E-state index contributed by atoms with van der Waals surface area (Å²) in [6.07, 6.45) is 0.728. The third-order valence-corrected chi connectivity index (χ3v) is 3.74. The average molecular weight is 280 g/mol. The van der Waals surface area contributed by atoms with Gasteiger partial charge in [0.15, 0.2) is 5.76 Å². The van der Waals surface area contributed by atoms with E-state index in [-0.39, 0.29) is 11.9 Å². The number of benzene rings is 2. The largest absolute Gasteiger partial charge is 0.455 e. The van der Waals surface area contributed by atoms with Crippen LogP contribution in [0.25, 0.3) is 11.0 Å². The van der Waals surface area contributed by atoms with Crippen LogP contribution in [-0.4, -0.2) is 5.71 Å². The maximum absolute atomic E-state index is 13.0. The predicted octanol–water partition coefficient (Wildman–Crippen LogP) is 4.01. The highest BCUT2D eigenvalue weighted by molar-refractivity contribution is 6.02. The van der Waals surface area contributed by atoms with Crippen LogP contribution in [0.15, 0.2) is 64.1 Å². The zero-order valence-corrected chi connectivity index (χ0v) is 11.2. The van der Waals surface area contributed by atoms with E-state index in [4.69, 9.17) is 4.42 Å². The lowest BCUT2D eigenvalue weighted by atomic mass is 10.0. The second-order valence-electron chi connectivity index (χ2n) is 5.14. The monoisotopic (exact) mass is 280 g/mol. The number of furan rings is 1. The van der Waals surface area contributed by atoms with Crippen LogP contribution >= 0.6 is 0 Å². The van der Waals surface area contributed by atoms with Gasteiger partial charge in [-0.2, -0.15) is 5.10 Å². The average Bonchev–Trinajstić information content (AvgIpc) is 3.14. The van der Waals surface area contributed by atoms with Gasteiger partial charge in [0.2, 0.25) is 0 Å². The first-order chi connectivity index (χ1) is 10.3. The lowest BCUT2D eigenvalue weighted by Crippen LogP contribution is -2.09. The minimum atomic E-state index is -0.227. The first-order valence-corrected chi connectivity index (χ1v) is 6.86. The first kappa shape index (κ1) is 12.1. The molecule has 1 atom stereocenters. The quantitative estimate of drug-likeness (QED) is 0.770. The van der Waals surface area contributed by atoms with E-state index in [0.717, 1.165) is 34.4 Å². The summed E-state index contributed by atoms with van der Waals surface area (Å²) < 4.78 is 18.8. The summed E-state index contributed by atoms with van der Waals surface area (Å²) in [5.74, 6) is 0.559. The van der Waals surface area contributed by atoms with E-state index in [0.29, 0.717) is 0 Å². The maximum atomic E-state index is 13.0. The Morgan fingerprint density at radius 2 is 1.90 bits per heavy atom. The second-order valence-corrected chi connectivity index (χ2v) is 5.14. The number of nitrogens with zero attached hydrogens (tertiary/aromatic N) is 1. The molecule has 0 aliphatic carbocycles. The zero-order valence-electron chi connectivity index (χ0n) is 11.2. The van der Waals surface area contributed by atoms with Crippen LogP contribution in [0.5, 0.6) is 0 Å². The Labute approximate surface area is 121 Å². The molecule has 4 heteroatoms. The molecule has 1 unspecified atom stereocenters. The minimum Gasteiger partial charge on any atom is -0.455 e. The van der Waals surface area contributed by atoms with Crippen molar-refractivity contribution in [1.29, 1.82) is 0 Å². The molecule has 0 saturated carbocycles. The third kappa shape index (κ3) is 2.18. The van der Waals surface area contributed by atoms with Crippen molar-refractivity contribution in [1.82, 2.24) is 5.43 Å². The summed E-state index contributed by atoms with van der Waals surface area (Å²) in [5, 5.41) is 5.43. The Morgan fingerprint density at radius 1 is 1.10 bits per heavy atom. The highest BCUT2D eigenvalue weighted by Gasteiger charge is 2.23. The van der Waals surface area contributed by atoms with Crippen LogP contribution in [0.4, 0.5) is 4.39 Å². The van der Waals surface area contributed by atoms with E-state index in [9.17, 15) is 4.39 Å². The van der Waals surface area contributed by atoms with Gasteiger partial charge in [0, 0.05) is 11.8 Å². The van der Waals surface area contributed by atoms with Crippen molar-refractivity contribution in [3.05, 3.63) is 71.7 Å². The fraction of sp³-hybridized carbons (Fsp3) is 0.118. The number of nitrogens with one attached hydrogen (secondary N) is 1. The molecule has 0 spiro atoms. The van der Waals surface area contributed by atoms with Crippen LogP contribution in [0.3, 0.4) is 0 Å². The van der Waals surface area contributed by atoms with Gasteiger partial charge >= 0.3 is 0 Å². The molecule has 1 aliphatic heterocycles. The van der Waals surface area contributed by atoms with Crippen molar-refractivity contribution in [2.75, 3.05) is 0 Å². The second kappa shape index (κ2) is 4.74. The van der Waals surface area contributed by atoms with E-state index < -0.39 is 0 Å². The van der Waals surface area contributed by atoms with Crippen LogP contribution < -0.4 is 5.43 Å². The summed E-state index contributed by atoms with van der Waals surface area (Å²) in [5.41, 5.74) is 5.86. The van der Waals surface area contributed by atoms with Crippen molar-refractivity contribution in [2.45, 2.75) is 12.5 Å². The Morgan fingerprint density at radius 3 is 2.71 bits per heavy atom. The summed E-state index contributed by atoms with van der Waals surface area (Å²) in [6.45, 7) is 0. The fourth-order valence-corrected chi connectivity index (χ4v) is 2.61. The lowest BCUT2D eigenvalue weighted by Gasteiger charge is -2.09. The molecule has 0 saturated heterocycles. The summed E-state index contributed by atoms with van der Waals surface area (Å²) in [4.78, 5) is 0. The highest BCUT2D eigenvalue weighted by Crippen LogP contribution is 2.27. The van der Waals surface area contributed by atoms with Crippen molar-refractivity contribution >= 4 is 16.7 Å². The van der Waals surface area contributed by atoms with Gasteiger partial charge < -0.3 is 9.84 Å². The van der Waals surface area contributed by atoms with Crippen molar-refractivity contribution in [3.63, 3.8) is 0 Å². The van der Waals surface area contributed by atoms with Crippen LogP contribution in [0, 0.1) is 5.82 Å². The van der Waals surface area contributed by atoms with Gasteiger partial charge in [-0.15, -0.1) is 0 Å². The normalized spacial score (nSPS) is 17.8. The molecule has 0 amide bonds. The smallest absolute Gasteiger partial charge is 0.151 e. The number of para-hydroxylation sites is 1. The third-order valence-electron chi connectivity index (χ3n) is 3.74. The summed E-state index contributed by atoms with van der Waals surface area (Å²) >= 11 is 0. The molecule has 21 heavy (non-hydrogen) atoms. The lowest BCUT2D eigenvalue weighted by molar-refractivity contribution is 0.598. The maximum Gasteiger partial charge on any atom is 0.151 e. The van der Waals surface area contributed by atoms with Crippen LogP contribution in [0.2, 0.25) is 0 Å². The molecule has 2 heterocycles. The first-order valence-electron chi connectivity index (χ1n) is 6.86. The molecular formula is C17H13FN2O. The van der Waals surface area contributed by atoms with E-state index >= 15 is 0 Å². The fourth-order valence-electron chi connectivity index (χ4n) is 2.61. The van der Waals surface area contributed by atoms with Gasteiger partial charge in [-0.05, 0) is 29.8 Å². The van der Waals surface area contributed by atoms with Gasteiger partial charge in [0.1, 0.15) is 17.1 Å². The van der Waals surface area contributed by atoms with E-state index in [1.165, 1.54) is 12.1 Å². The molecule has 3 nitrogen and oxygen atoms in total. The van der Waals surface area contributed by atoms with Crippen molar-refractivity contribution < 1.29 is 8.81 Å². The number of hydrogen-bond donors (Lipinski definition) is 1. The summed E-state index contributed by atoms with van der Waals surface area (Å²) in [7, 11) is 0. The van der Waals surface area contributed by atoms with Crippen LogP contribution in [0.1, 0.15) is 23.8 Å². The topological polar surface area (TPSA) is 37.5 Å². The number of rotatable bonds is 2. The molecule has 1 aromatic heterocycles. The Hall–Kier alpha value is -2.62. The minimum absolute atomic E-state index is 0.0637. The zero-order chi connectivity index (χ0) is 14.2. The molecule has 4 rings (SSSR count). The van der Waals surface area contributed by atoms with E-state index in [1.54, 1.807) is 12.1 Å². The number of halogens is 1. The molecule has 104 valence electrons. The Bertz CT molecular complexity index is 787. The standard InChI is InChI=1S/C17H13FN2O/c18-13-7-5-11(6-8-13)14-10-15(20-19-14)17-9-12-3-1-2-4-16(12)21-17/h1-9,14,19H,10H2. The van der Waals surface area contributed by atoms with Crippen LogP contribution in [-0.2, 0) is 0 Å². The number of fused-ring (bicyclic) bond motifs is 1. The Balaban J connectivity index is 1.59. The van der Waals surface area contributed by atoms with Gasteiger partial charge in [-0.25, -0.2) is 4.39 Å². The molecule has 1 aliphatic rings. The Kier molecular flexibility index (Phi) is 2.74. The van der Waals surface area contributed by atoms with E-state index in [2.05, 4.69) is 10.5 Å². The van der Waals surface area contributed by atoms with Gasteiger partial charge in [0.05, 0.1) is 6.04 Å². The van der Waals surface area contributed by atoms with Crippen molar-refractivity contribution in [2.24, 2.45) is 5.10 Å². The molecule has 1 N–H and O–H groups in total. The molecule has 0 radical (unpaired) electrons. The molecular weight excluding hydrogens is 267 g/mol. The van der Waals surface area contributed by atoms with E-state index in [1.807, 2.05) is 30.3 Å². The van der Waals surface area contributed by atoms with Gasteiger partial charge in [-0.1, -0.05) is 30.3 Å². The molecule has 0 fully saturated rings. The van der Waals surface area contributed by atoms with Crippen molar-refractivity contribution in [3.8, 4) is 0 Å². The number of hydrazone groups is 1. The highest BCUT2D eigenvalue weighted by atomic mass is 19.1. The molecule has 2 aromatic carbocycles. The molecule has 3 aromatic rings. The van der Waals surface area contributed by atoms with Gasteiger partial charge in [0.25, 0.3) is 0 Å².